The Morgan fingerprint density at radius 1 is 1.62 bits per heavy atom. The summed E-state index contributed by atoms with van der Waals surface area (Å²) in [5.74, 6) is 2.24. The SMILES string of the molecule is [2H]C#C[C@]1(O)C(n2ccc3c(Cl)ncnc32)O[C@H](CO)[C@H]1O. The van der Waals surface area contributed by atoms with Crippen molar-refractivity contribution < 1.29 is 21.4 Å². The molecule has 1 aliphatic heterocycles. The maximum absolute atomic E-state index is 10.6. The summed E-state index contributed by atoms with van der Waals surface area (Å²) in [6.07, 6.45) is 0.977. The van der Waals surface area contributed by atoms with Crippen molar-refractivity contribution in [2.24, 2.45) is 0 Å². The predicted molar refractivity (Wildman–Crippen MR) is 73.3 cm³/mol. The van der Waals surface area contributed by atoms with Gasteiger partial charge >= 0.3 is 0 Å². The Morgan fingerprint density at radius 3 is 3.14 bits per heavy atom. The number of rotatable bonds is 2. The molecular weight excluding hydrogens is 298 g/mol. The molecule has 2 aromatic rings. The molecule has 4 atom stereocenters. The first-order chi connectivity index (χ1) is 10.5. The summed E-state index contributed by atoms with van der Waals surface area (Å²) in [7, 11) is 0. The molecule has 1 unspecified atom stereocenters. The van der Waals surface area contributed by atoms with Crippen LogP contribution in [0.3, 0.4) is 0 Å². The molecule has 7 nitrogen and oxygen atoms in total. The first-order valence-electron chi connectivity index (χ1n) is 6.60. The average Bonchev–Trinajstić information content (AvgIpc) is 3.02. The largest absolute Gasteiger partial charge is 0.394 e. The minimum atomic E-state index is -2.06. The van der Waals surface area contributed by atoms with Crippen molar-refractivity contribution in [3.05, 3.63) is 23.7 Å². The maximum atomic E-state index is 10.6. The summed E-state index contributed by atoms with van der Waals surface area (Å²) >= 11 is 5.98. The van der Waals surface area contributed by atoms with Crippen LogP contribution in [0.15, 0.2) is 18.6 Å². The highest BCUT2D eigenvalue weighted by atomic mass is 35.5. The monoisotopic (exact) mass is 310 g/mol. The van der Waals surface area contributed by atoms with E-state index in [4.69, 9.17) is 17.7 Å². The second-order valence-electron chi connectivity index (χ2n) is 4.73. The van der Waals surface area contributed by atoms with Gasteiger partial charge in [-0.3, -0.25) is 0 Å². The number of aromatic nitrogens is 3. The van der Waals surface area contributed by atoms with Crippen molar-refractivity contribution in [2.75, 3.05) is 6.61 Å². The number of nitrogens with zero attached hydrogens (tertiary/aromatic N) is 3. The molecule has 2 aromatic heterocycles. The molecule has 110 valence electrons. The molecule has 8 heteroatoms. The fraction of sp³-hybridized carbons (Fsp3) is 0.385. The van der Waals surface area contributed by atoms with E-state index >= 15 is 0 Å². The molecule has 3 N–H and O–H groups in total. The molecule has 0 bridgehead atoms. The highest BCUT2D eigenvalue weighted by Crippen LogP contribution is 2.39. The summed E-state index contributed by atoms with van der Waals surface area (Å²) < 4.78 is 14.0. The van der Waals surface area contributed by atoms with Crippen LogP contribution in [0.25, 0.3) is 11.0 Å². The fourth-order valence-electron chi connectivity index (χ4n) is 2.46. The topological polar surface area (TPSA) is 101 Å². The third kappa shape index (κ3) is 1.92. The quantitative estimate of drug-likeness (QED) is 0.520. The summed E-state index contributed by atoms with van der Waals surface area (Å²) in [5, 5.41) is 30.8. The van der Waals surface area contributed by atoms with E-state index in [1.54, 1.807) is 12.3 Å². The Bertz CT molecular complexity index is 773. The third-order valence-electron chi connectivity index (χ3n) is 3.58. The minimum Gasteiger partial charge on any atom is -0.394 e. The Morgan fingerprint density at radius 2 is 2.43 bits per heavy atom. The van der Waals surface area contributed by atoms with Crippen LogP contribution in [0.4, 0.5) is 0 Å². The van der Waals surface area contributed by atoms with Crippen LogP contribution < -0.4 is 0 Å². The predicted octanol–water partition coefficient (Wildman–Crippen LogP) is -0.300. The first kappa shape index (κ1) is 13.0. The van der Waals surface area contributed by atoms with E-state index in [9.17, 15) is 15.3 Å². The van der Waals surface area contributed by atoms with Gasteiger partial charge in [0.05, 0.1) is 12.0 Å². The van der Waals surface area contributed by atoms with Gasteiger partial charge in [-0.25, -0.2) is 9.97 Å². The number of ether oxygens (including phenoxy) is 1. The highest BCUT2D eigenvalue weighted by Gasteiger charge is 2.55. The first-order valence-corrected chi connectivity index (χ1v) is 6.48. The van der Waals surface area contributed by atoms with Gasteiger partial charge in [0.1, 0.15) is 30.7 Å². The number of halogens is 1. The van der Waals surface area contributed by atoms with Crippen molar-refractivity contribution in [1.29, 1.82) is 0 Å². The number of fused-ring (bicyclic) bond motifs is 1. The van der Waals surface area contributed by atoms with Crippen LogP contribution in [0, 0.1) is 12.3 Å². The summed E-state index contributed by atoms with van der Waals surface area (Å²) in [5.41, 5.74) is -1.68. The molecule has 0 amide bonds. The fourth-order valence-corrected chi connectivity index (χ4v) is 2.65. The van der Waals surface area contributed by atoms with E-state index in [1.165, 1.54) is 10.9 Å². The Labute approximate surface area is 126 Å². The second-order valence-corrected chi connectivity index (χ2v) is 5.09. The van der Waals surface area contributed by atoms with Crippen molar-refractivity contribution in [1.82, 2.24) is 14.5 Å². The molecular formula is C13H12ClN3O4. The molecule has 1 aliphatic rings. The molecule has 1 saturated heterocycles. The van der Waals surface area contributed by atoms with Gasteiger partial charge < -0.3 is 24.6 Å². The number of hydrogen-bond donors (Lipinski definition) is 3. The molecule has 21 heavy (non-hydrogen) atoms. The van der Waals surface area contributed by atoms with Gasteiger partial charge in [-0.1, -0.05) is 17.5 Å². The number of terminal acetylenes is 1. The Balaban J connectivity index is 2.15. The second kappa shape index (κ2) is 4.94. The van der Waals surface area contributed by atoms with Crippen molar-refractivity contribution >= 4 is 22.6 Å². The van der Waals surface area contributed by atoms with Crippen LogP contribution >= 0.6 is 11.6 Å². The van der Waals surface area contributed by atoms with Gasteiger partial charge in [-0.2, -0.15) is 0 Å². The molecule has 0 aliphatic carbocycles. The standard InChI is InChI=1S/C13H12ClN3O4/c1-2-13(20)9(19)8(5-18)21-12(13)17-4-3-7-10(14)15-6-16-11(7)17/h1,3-4,6,8-9,12,18-20H,5H2/t8-,9-,12?,13-/m1/s1/i1D. The average molecular weight is 311 g/mol. The van der Waals surface area contributed by atoms with Crippen LogP contribution in [-0.2, 0) is 4.74 Å². The molecule has 3 heterocycles. The van der Waals surface area contributed by atoms with Crippen molar-refractivity contribution in [3.8, 4) is 12.3 Å². The molecule has 1 fully saturated rings. The highest BCUT2D eigenvalue weighted by molar-refractivity contribution is 6.33. The lowest BCUT2D eigenvalue weighted by Crippen LogP contribution is -2.45. The van der Waals surface area contributed by atoms with E-state index < -0.39 is 30.6 Å². The summed E-state index contributed by atoms with van der Waals surface area (Å²) in [6.45, 7) is -0.505. The van der Waals surface area contributed by atoms with E-state index in [1.807, 2.05) is 6.40 Å². The number of aliphatic hydroxyl groups is 3. The zero-order chi connectivity index (χ0) is 15.9. The van der Waals surface area contributed by atoms with Gasteiger partial charge in [0.2, 0.25) is 0 Å². The van der Waals surface area contributed by atoms with Gasteiger partial charge in [-0.05, 0) is 6.07 Å². The summed E-state index contributed by atoms with van der Waals surface area (Å²) in [6, 6.07) is 1.63. The van der Waals surface area contributed by atoms with Gasteiger partial charge in [0.25, 0.3) is 0 Å². The van der Waals surface area contributed by atoms with Crippen molar-refractivity contribution in [2.45, 2.75) is 24.0 Å². The van der Waals surface area contributed by atoms with Crippen molar-refractivity contribution in [3.63, 3.8) is 0 Å². The lowest BCUT2D eigenvalue weighted by Gasteiger charge is -2.26. The van der Waals surface area contributed by atoms with Crippen LogP contribution in [0.1, 0.15) is 7.60 Å². The van der Waals surface area contributed by atoms with Crippen LogP contribution in [0.5, 0.6) is 0 Å². The normalized spacial score (nSPS) is 32.8. The summed E-state index contributed by atoms with van der Waals surface area (Å²) in [4.78, 5) is 7.94. The van der Waals surface area contributed by atoms with Crippen LogP contribution in [0.2, 0.25) is 5.15 Å². The van der Waals surface area contributed by atoms with E-state index in [0.29, 0.717) is 11.0 Å². The lowest BCUT2D eigenvalue weighted by atomic mass is 9.95. The van der Waals surface area contributed by atoms with E-state index in [-0.39, 0.29) is 5.15 Å². The van der Waals surface area contributed by atoms with Gasteiger partial charge in [0.15, 0.2) is 11.8 Å². The van der Waals surface area contributed by atoms with Gasteiger partial charge in [-0.15, -0.1) is 6.40 Å². The van der Waals surface area contributed by atoms with E-state index in [0.717, 1.165) is 0 Å². The van der Waals surface area contributed by atoms with Crippen LogP contribution in [-0.4, -0.2) is 54.3 Å². The third-order valence-corrected chi connectivity index (χ3v) is 3.88. The lowest BCUT2D eigenvalue weighted by molar-refractivity contribution is -0.0718. The minimum absolute atomic E-state index is 0.233. The maximum Gasteiger partial charge on any atom is 0.199 e. The zero-order valence-electron chi connectivity index (χ0n) is 11.6. The Kier molecular flexibility index (Phi) is 3.06. The zero-order valence-corrected chi connectivity index (χ0v) is 11.4. The molecule has 0 aromatic carbocycles. The Hall–Kier alpha value is -1.69. The molecule has 0 saturated carbocycles. The number of hydrogen-bond acceptors (Lipinski definition) is 6. The smallest absolute Gasteiger partial charge is 0.199 e. The van der Waals surface area contributed by atoms with E-state index in [2.05, 4.69) is 15.9 Å². The van der Waals surface area contributed by atoms with Gasteiger partial charge in [0, 0.05) is 6.20 Å². The molecule has 3 rings (SSSR count). The molecule has 0 spiro atoms. The number of aliphatic hydroxyl groups excluding tert-OH is 2. The molecule has 0 radical (unpaired) electrons.